The predicted octanol–water partition coefficient (Wildman–Crippen LogP) is 3.61. The van der Waals surface area contributed by atoms with Crippen LogP contribution in [0.2, 0.25) is 0 Å². The zero-order valence-corrected chi connectivity index (χ0v) is 18.8. The first-order valence-electron chi connectivity index (χ1n) is 11.2. The smallest absolute Gasteiger partial charge is 0.248 e. The lowest BCUT2D eigenvalue weighted by Gasteiger charge is -2.40. The van der Waals surface area contributed by atoms with E-state index in [0.29, 0.717) is 37.7 Å². The summed E-state index contributed by atoms with van der Waals surface area (Å²) in [4.78, 5) is 25.8. The molecule has 166 valence electrons. The number of amides is 1. The van der Waals surface area contributed by atoms with Gasteiger partial charge in [-0.1, -0.05) is 6.58 Å². The molecule has 1 aliphatic carbocycles. The maximum absolute atomic E-state index is 12.4. The summed E-state index contributed by atoms with van der Waals surface area (Å²) in [5.74, 6) is 1.15. The molecule has 1 saturated carbocycles. The van der Waals surface area contributed by atoms with Gasteiger partial charge in [-0.15, -0.1) is 0 Å². The lowest BCUT2D eigenvalue weighted by molar-refractivity contribution is -0.138. The average molecular weight is 432 g/mol. The van der Waals surface area contributed by atoms with Gasteiger partial charge in [-0.3, -0.25) is 9.78 Å². The van der Waals surface area contributed by atoms with Crippen molar-refractivity contribution >= 4 is 17.8 Å². The van der Waals surface area contributed by atoms with E-state index >= 15 is 0 Å². The van der Waals surface area contributed by atoms with Crippen molar-refractivity contribution in [2.75, 3.05) is 37.7 Å². The highest BCUT2D eigenvalue weighted by Gasteiger charge is 2.33. The Morgan fingerprint density at radius 1 is 1.38 bits per heavy atom. The average Bonchev–Trinajstić information content (AvgIpc) is 3.67. The minimum absolute atomic E-state index is 0.0113. The summed E-state index contributed by atoms with van der Waals surface area (Å²) in [6, 6.07) is 8.29. The number of pyridine rings is 2. The Morgan fingerprint density at radius 3 is 2.84 bits per heavy atom. The topological polar surface area (TPSA) is 82.4 Å². The quantitative estimate of drug-likeness (QED) is 0.666. The standard InChI is InChI=1S/C25H29N5O2/c1-4-21-12-19(8-9-27-21)22-13-20(14-26)25(28-24(22)18-6-7-18)29-10-11-30(17(3)15-29)23(31)16-32-5-2/h4,8-9,12-13,17-18H,1,5-7,10-11,15-16H2,2-3H3/t17-/m1/s1. The van der Waals surface area contributed by atoms with Crippen LogP contribution in [0, 0.1) is 11.3 Å². The van der Waals surface area contributed by atoms with Gasteiger partial charge < -0.3 is 14.5 Å². The number of anilines is 1. The first kappa shape index (κ1) is 22.0. The van der Waals surface area contributed by atoms with Crippen LogP contribution < -0.4 is 4.90 Å². The summed E-state index contributed by atoms with van der Waals surface area (Å²) >= 11 is 0. The largest absolute Gasteiger partial charge is 0.372 e. The monoisotopic (exact) mass is 431 g/mol. The number of rotatable bonds is 7. The van der Waals surface area contributed by atoms with E-state index < -0.39 is 0 Å². The highest BCUT2D eigenvalue weighted by atomic mass is 16.5. The lowest BCUT2D eigenvalue weighted by atomic mass is 9.99. The van der Waals surface area contributed by atoms with Crippen LogP contribution in [0.1, 0.15) is 49.6 Å². The van der Waals surface area contributed by atoms with Crippen LogP contribution in [-0.2, 0) is 9.53 Å². The number of nitrogens with zero attached hydrogens (tertiary/aromatic N) is 5. The minimum Gasteiger partial charge on any atom is -0.372 e. The lowest BCUT2D eigenvalue weighted by Crippen LogP contribution is -2.55. The van der Waals surface area contributed by atoms with Crippen LogP contribution in [0.4, 0.5) is 5.82 Å². The van der Waals surface area contributed by atoms with E-state index in [1.54, 1.807) is 12.3 Å². The van der Waals surface area contributed by atoms with Gasteiger partial charge in [0.25, 0.3) is 0 Å². The van der Waals surface area contributed by atoms with Gasteiger partial charge in [0.05, 0.1) is 17.0 Å². The van der Waals surface area contributed by atoms with Gasteiger partial charge in [0.2, 0.25) is 5.91 Å². The zero-order valence-electron chi connectivity index (χ0n) is 18.8. The summed E-state index contributed by atoms with van der Waals surface area (Å²) in [7, 11) is 0. The van der Waals surface area contributed by atoms with E-state index in [2.05, 4.69) is 22.5 Å². The number of hydrogen-bond acceptors (Lipinski definition) is 6. The minimum atomic E-state index is 0.0113. The van der Waals surface area contributed by atoms with Gasteiger partial charge in [-0.2, -0.15) is 5.26 Å². The zero-order chi connectivity index (χ0) is 22.7. The third kappa shape index (κ3) is 4.51. The molecule has 0 N–H and O–H groups in total. The number of hydrogen-bond donors (Lipinski definition) is 0. The molecule has 32 heavy (non-hydrogen) atoms. The molecule has 0 bridgehead atoms. The molecule has 3 heterocycles. The molecule has 1 atom stereocenters. The van der Waals surface area contributed by atoms with Gasteiger partial charge in [-0.25, -0.2) is 4.98 Å². The first-order chi connectivity index (χ1) is 15.5. The SMILES string of the molecule is C=Cc1cc(-c2cc(C#N)c(N3CCN(C(=O)COCC)[C@H](C)C3)nc2C2CC2)ccn1. The van der Waals surface area contributed by atoms with Crippen molar-refractivity contribution in [2.24, 2.45) is 0 Å². The number of aromatic nitrogens is 2. The van der Waals surface area contributed by atoms with Crippen molar-refractivity contribution in [2.45, 2.75) is 38.6 Å². The third-order valence-corrected chi connectivity index (χ3v) is 6.09. The molecule has 2 aliphatic rings. The van der Waals surface area contributed by atoms with Crippen molar-refractivity contribution in [1.82, 2.24) is 14.9 Å². The number of carbonyl (C=O) groups is 1. The van der Waals surface area contributed by atoms with Crippen molar-refractivity contribution in [3.8, 4) is 17.2 Å². The van der Waals surface area contributed by atoms with Crippen molar-refractivity contribution < 1.29 is 9.53 Å². The van der Waals surface area contributed by atoms with Gasteiger partial charge in [0.15, 0.2) is 0 Å². The van der Waals surface area contributed by atoms with Gasteiger partial charge in [-0.05, 0) is 56.5 Å². The summed E-state index contributed by atoms with van der Waals surface area (Å²) in [5.41, 5.74) is 4.41. The second kappa shape index (κ2) is 9.49. The second-order valence-corrected chi connectivity index (χ2v) is 8.37. The molecule has 4 rings (SSSR count). The van der Waals surface area contributed by atoms with E-state index in [-0.39, 0.29) is 18.6 Å². The Balaban J connectivity index is 1.64. The highest BCUT2D eigenvalue weighted by Crippen LogP contribution is 2.45. The van der Waals surface area contributed by atoms with E-state index in [1.165, 1.54) is 0 Å². The molecule has 0 radical (unpaired) electrons. The molecule has 2 fully saturated rings. The molecule has 1 saturated heterocycles. The Hall–Kier alpha value is -3.24. The van der Waals surface area contributed by atoms with Gasteiger partial charge in [0, 0.05) is 50.0 Å². The third-order valence-electron chi connectivity index (χ3n) is 6.09. The summed E-state index contributed by atoms with van der Waals surface area (Å²) in [5, 5.41) is 9.94. The molecular weight excluding hydrogens is 402 g/mol. The molecule has 0 aromatic carbocycles. The van der Waals surface area contributed by atoms with Crippen LogP contribution in [-0.4, -0.2) is 59.7 Å². The number of piperazine rings is 1. The maximum Gasteiger partial charge on any atom is 0.248 e. The van der Waals surface area contributed by atoms with E-state index in [4.69, 9.17) is 9.72 Å². The van der Waals surface area contributed by atoms with Crippen LogP contribution in [0.5, 0.6) is 0 Å². The molecule has 1 aliphatic heterocycles. The van der Waals surface area contributed by atoms with Crippen molar-refractivity contribution in [3.05, 3.63) is 47.9 Å². The predicted molar refractivity (Wildman–Crippen MR) is 124 cm³/mol. The summed E-state index contributed by atoms with van der Waals surface area (Å²) < 4.78 is 5.29. The molecule has 7 heteroatoms. The van der Waals surface area contributed by atoms with Gasteiger partial charge >= 0.3 is 0 Å². The maximum atomic E-state index is 12.4. The van der Waals surface area contributed by atoms with Gasteiger partial charge in [0.1, 0.15) is 18.5 Å². The number of carbonyl (C=O) groups excluding carboxylic acids is 1. The highest BCUT2D eigenvalue weighted by molar-refractivity contribution is 5.78. The molecule has 2 aromatic heterocycles. The number of ether oxygens (including phenoxy) is 1. The molecule has 0 spiro atoms. The fraction of sp³-hybridized carbons (Fsp3) is 0.440. The molecule has 0 unspecified atom stereocenters. The molecular formula is C25H29N5O2. The summed E-state index contributed by atoms with van der Waals surface area (Å²) in [6.07, 6.45) is 5.71. The molecule has 7 nitrogen and oxygen atoms in total. The van der Waals surface area contributed by atoms with E-state index in [9.17, 15) is 10.1 Å². The molecule has 2 aromatic rings. The van der Waals surface area contributed by atoms with Crippen LogP contribution in [0.3, 0.4) is 0 Å². The van der Waals surface area contributed by atoms with E-state index in [0.717, 1.165) is 41.2 Å². The number of nitriles is 1. The van der Waals surface area contributed by atoms with Crippen molar-refractivity contribution in [3.63, 3.8) is 0 Å². The van der Waals surface area contributed by atoms with Crippen LogP contribution in [0.15, 0.2) is 31.0 Å². The molecule has 1 amide bonds. The Morgan fingerprint density at radius 2 is 2.19 bits per heavy atom. The summed E-state index contributed by atoms with van der Waals surface area (Å²) in [6.45, 7) is 10.2. The Bertz CT molecular complexity index is 1060. The first-order valence-corrected chi connectivity index (χ1v) is 11.2. The Labute approximate surface area is 189 Å². The fourth-order valence-corrected chi connectivity index (χ4v) is 4.26. The van der Waals surface area contributed by atoms with Crippen LogP contribution >= 0.6 is 0 Å². The fourth-order valence-electron chi connectivity index (χ4n) is 4.26. The van der Waals surface area contributed by atoms with E-state index in [1.807, 2.05) is 36.9 Å². The van der Waals surface area contributed by atoms with Crippen LogP contribution in [0.25, 0.3) is 17.2 Å². The van der Waals surface area contributed by atoms with Crippen molar-refractivity contribution in [1.29, 1.82) is 5.26 Å². The second-order valence-electron chi connectivity index (χ2n) is 8.37. The normalized spacial score (nSPS) is 18.3. The Kier molecular flexibility index (Phi) is 6.52.